The normalized spacial score (nSPS) is 14.3. The van der Waals surface area contributed by atoms with E-state index in [1.165, 1.54) is 0 Å². The molecule has 1 atom stereocenters. The predicted molar refractivity (Wildman–Crippen MR) is 79.4 cm³/mol. The Kier molecular flexibility index (Phi) is 6.12. The maximum Gasteiger partial charge on any atom is 0.158 e. The van der Waals surface area contributed by atoms with Crippen molar-refractivity contribution in [3.8, 4) is 0 Å². The highest BCUT2D eigenvalue weighted by molar-refractivity contribution is 5.44. The standard InChI is InChI=1S/C13H25N5O2/c1-5-20-7-12-16-10(14)6-11(17-12)15-8-13(2,19)9-18(3)4/h6,19H,5,7-9H2,1-4H3,(H3,14,15,16,17). The Morgan fingerprint density at radius 3 is 2.75 bits per heavy atom. The van der Waals surface area contributed by atoms with Gasteiger partial charge in [0.25, 0.3) is 0 Å². The van der Waals surface area contributed by atoms with E-state index in [1.807, 2.05) is 25.9 Å². The van der Waals surface area contributed by atoms with Crippen molar-refractivity contribution in [2.75, 3.05) is 44.8 Å². The molecule has 114 valence electrons. The lowest BCUT2D eigenvalue weighted by Crippen LogP contribution is -2.43. The van der Waals surface area contributed by atoms with E-state index >= 15 is 0 Å². The van der Waals surface area contributed by atoms with Gasteiger partial charge in [-0.3, -0.25) is 0 Å². The molecule has 0 aromatic carbocycles. The second-order valence-electron chi connectivity index (χ2n) is 5.32. The van der Waals surface area contributed by atoms with E-state index in [-0.39, 0.29) is 0 Å². The van der Waals surface area contributed by atoms with E-state index in [4.69, 9.17) is 10.5 Å². The van der Waals surface area contributed by atoms with Gasteiger partial charge in [-0.2, -0.15) is 0 Å². The van der Waals surface area contributed by atoms with E-state index in [0.717, 1.165) is 0 Å². The first-order valence-corrected chi connectivity index (χ1v) is 6.64. The smallest absolute Gasteiger partial charge is 0.158 e. The topological polar surface area (TPSA) is 96.5 Å². The van der Waals surface area contributed by atoms with Gasteiger partial charge in [-0.15, -0.1) is 0 Å². The predicted octanol–water partition coefficient (Wildman–Crippen LogP) is 0.320. The van der Waals surface area contributed by atoms with E-state index in [2.05, 4.69) is 15.3 Å². The number of hydrogen-bond acceptors (Lipinski definition) is 7. The molecule has 1 unspecified atom stereocenters. The number of ether oxygens (including phenoxy) is 1. The van der Waals surface area contributed by atoms with Gasteiger partial charge in [0.05, 0.1) is 5.60 Å². The van der Waals surface area contributed by atoms with Crippen LogP contribution in [0.15, 0.2) is 6.07 Å². The summed E-state index contributed by atoms with van der Waals surface area (Å²) in [7, 11) is 3.83. The highest BCUT2D eigenvalue weighted by Crippen LogP contribution is 2.12. The second kappa shape index (κ2) is 7.37. The number of nitrogens with zero attached hydrogens (tertiary/aromatic N) is 3. The summed E-state index contributed by atoms with van der Waals surface area (Å²) in [6.07, 6.45) is 0. The minimum atomic E-state index is -0.858. The third-order valence-electron chi connectivity index (χ3n) is 2.53. The highest BCUT2D eigenvalue weighted by atomic mass is 16.5. The van der Waals surface area contributed by atoms with Crippen LogP contribution in [0.25, 0.3) is 0 Å². The maximum atomic E-state index is 10.2. The molecule has 20 heavy (non-hydrogen) atoms. The molecule has 0 fully saturated rings. The average molecular weight is 283 g/mol. The van der Waals surface area contributed by atoms with Gasteiger partial charge in [0, 0.05) is 25.8 Å². The third kappa shape index (κ3) is 6.14. The summed E-state index contributed by atoms with van der Waals surface area (Å²) < 4.78 is 5.26. The van der Waals surface area contributed by atoms with Gasteiger partial charge >= 0.3 is 0 Å². The molecular weight excluding hydrogens is 258 g/mol. The molecule has 0 aliphatic heterocycles. The molecule has 1 aromatic rings. The van der Waals surface area contributed by atoms with Gasteiger partial charge in [0.15, 0.2) is 5.82 Å². The Morgan fingerprint density at radius 2 is 2.15 bits per heavy atom. The van der Waals surface area contributed by atoms with Crippen LogP contribution in [0.4, 0.5) is 11.6 Å². The number of hydrogen-bond donors (Lipinski definition) is 3. The molecule has 0 bridgehead atoms. The molecule has 0 radical (unpaired) electrons. The molecule has 0 saturated heterocycles. The summed E-state index contributed by atoms with van der Waals surface area (Å²) >= 11 is 0. The average Bonchev–Trinajstić information content (AvgIpc) is 2.32. The molecule has 0 amide bonds. The summed E-state index contributed by atoms with van der Waals surface area (Å²) in [5, 5.41) is 13.3. The molecule has 0 aliphatic carbocycles. The number of anilines is 2. The Hall–Kier alpha value is -1.44. The molecule has 1 heterocycles. The fourth-order valence-electron chi connectivity index (χ4n) is 1.88. The zero-order valence-corrected chi connectivity index (χ0v) is 12.7. The number of rotatable bonds is 8. The lowest BCUT2D eigenvalue weighted by atomic mass is 10.1. The Labute approximate surface area is 120 Å². The van der Waals surface area contributed by atoms with Crippen LogP contribution in [-0.2, 0) is 11.3 Å². The van der Waals surface area contributed by atoms with Crippen LogP contribution in [0.3, 0.4) is 0 Å². The van der Waals surface area contributed by atoms with E-state index in [1.54, 1.807) is 13.0 Å². The zero-order valence-electron chi connectivity index (χ0n) is 12.7. The van der Waals surface area contributed by atoms with E-state index in [9.17, 15) is 5.11 Å². The second-order valence-corrected chi connectivity index (χ2v) is 5.32. The molecule has 0 saturated carbocycles. The van der Waals surface area contributed by atoms with Gasteiger partial charge in [-0.25, -0.2) is 9.97 Å². The molecule has 1 rings (SSSR count). The number of likely N-dealkylation sites (N-methyl/N-ethyl adjacent to an activating group) is 1. The third-order valence-corrected chi connectivity index (χ3v) is 2.53. The van der Waals surface area contributed by atoms with Crippen LogP contribution in [0.2, 0.25) is 0 Å². The monoisotopic (exact) mass is 283 g/mol. The first-order chi connectivity index (χ1) is 9.32. The van der Waals surface area contributed by atoms with Crippen molar-refractivity contribution in [1.29, 1.82) is 0 Å². The molecule has 1 aromatic heterocycles. The number of nitrogens with two attached hydrogens (primary N) is 1. The summed E-state index contributed by atoms with van der Waals surface area (Å²) in [5.41, 5.74) is 4.88. The van der Waals surface area contributed by atoms with Crippen LogP contribution in [0.5, 0.6) is 0 Å². The van der Waals surface area contributed by atoms with Crippen LogP contribution < -0.4 is 11.1 Å². The Bertz CT molecular complexity index is 423. The number of aromatic nitrogens is 2. The quantitative estimate of drug-likeness (QED) is 0.632. The van der Waals surface area contributed by atoms with Crippen LogP contribution in [0.1, 0.15) is 19.7 Å². The van der Waals surface area contributed by atoms with Crippen LogP contribution >= 0.6 is 0 Å². The summed E-state index contributed by atoms with van der Waals surface area (Å²) in [6, 6.07) is 1.64. The minimum absolute atomic E-state index is 0.324. The largest absolute Gasteiger partial charge is 0.387 e. The molecular formula is C13H25N5O2. The van der Waals surface area contributed by atoms with Gasteiger partial charge in [-0.1, -0.05) is 0 Å². The van der Waals surface area contributed by atoms with Crippen LogP contribution in [0, 0.1) is 0 Å². The fourth-order valence-corrected chi connectivity index (χ4v) is 1.88. The molecule has 0 aliphatic rings. The van der Waals surface area contributed by atoms with E-state index < -0.39 is 5.60 Å². The molecule has 0 spiro atoms. The molecule has 7 nitrogen and oxygen atoms in total. The summed E-state index contributed by atoms with van der Waals surface area (Å²) in [4.78, 5) is 10.3. The van der Waals surface area contributed by atoms with Gasteiger partial charge in [-0.05, 0) is 27.9 Å². The molecule has 4 N–H and O–H groups in total. The van der Waals surface area contributed by atoms with Gasteiger partial charge in [0.1, 0.15) is 18.2 Å². The lowest BCUT2D eigenvalue weighted by Gasteiger charge is -2.27. The molecule has 7 heteroatoms. The number of nitrogens with one attached hydrogen (secondary N) is 1. The van der Waals surface area contributed by atoms with Gasteiger partial charge < -0.3 is 25.8 Å². The fraction of sp³-hybridized carbons (Fsp3) is 0.692. The lowest BCUT2D eigenvalue weighted by molar-refractivity contribution is 0.0459. The van der Waals surface area contributed by atoms with Crippen molar-refractivity contribution in [2.45, 2.75) is 26.1 Å². The van der Waals surface area contributed by atoms with E-state index in [0.29, 0.717) is 43.8 Å². The minimum Gasteiger partial charge on any atom is -0.387 e. The van der Waals surface area contributed by atoms with Crippen molar-refractivity contribution < 1.29 is 9.84 Å². The van der Waals surface area contributed by atoms with Gasteiger partial charge in [0.2, 0.25) is 0 Å². The highest BCUT2D eigenvalue weighted by Gasteiger charge is 2.21. The SMILES string of the molecule is CCOCc1nc(N)cc(NCC(C)(O)CN(C)C)n1. The first kappa shape index (κ1) is 16.6. The zero-order chi connectivity index (χ0) is 15.2. The number of aliphatic hydroxyl groups is 1. The van der Waals surface area contributed by atoms with Crippen molar-refractivity contribution >= 4 is 11.6 Å². The maximum absolute atomic E-state index is 10.2. The van der Waals surface area contributed by atoms with Crippen molar-refractivity contribution in [1.82, 2.24) is 14.9 Å². The van der Waals surface area contributed by atoms with Crippen molar-refractivity contribution in [3.63, 3.8) is 0 Å². The summed E-state index contributed by atoms with van der Waals surface area (Å²) in [6.45, 7) is 5.51. The first-order valence-electron chi connectivity index (χ1n) is 6.64. The van der Waals surface area contributed by atoms with Crippen molar-refractivity contribution in [2.24, 2.45) is 0 Å². The summed E-state index contributed by atoms with van der Waals surface area (Å²) in [5.74, 6) is 1.50. The number of nitrogen functional groups attached to an aromatic ring is 1. The van der Waals surface area contributed by atoms with Crippen molar-refractivity contribution in [3.05, 3.63) is 11.9 Å². The van der Waals surface area contributed by atoms with Crippen LogP contribution in [-0.4, -0.2) is 59.4 Å². The Balaban J connectivity index is 2.65. The Morgan fingerprint density at radius 1 is 1.45 bits per heavy atom.